The Labute approximate surface area is 184 Å². The Morgan fingerprint density at radius 2 is 1.80 bits per heavy atom. The standard InChI is InChI=1S/C22H22ClN5OS/c1-15(27(2)3)21-24-25-22(28(21)19-11-9-17(23)10-12-19)30-14-18-13-20(29-26-18)16-7-5-4-6-8-16/h4-13,15H,14H2,1-3H3/t15-/m1/s1. The highest BCUT2D eigenvalue weighted by Gasteiger charge is 2.21. The number of benzene rings is 2. The third-order valence-electron chi connectivity index (χ3n) is 4.86. The monoisotopic (exact) mass is 439 g/mol. The lowest BCUT2D eigenvalue weighted by molar-refractivity contribution is 0.305. The molecule has 2 aromatic carbocycles. The lowest BCUT2D eigenvalue weighted by Crippen LogP contribution is -2.20. The van der Waals surface area contributed by atoms with E-state index in [4.69, 9.17) is 16.1 Å². The molecule has 0 spiro atoms. The fourth-order valence-corrected chi connectivity index (χ4v) is 3.93. The van der Waals surface area contributed by atoms with Crippen molar-refractivity contribution >= 4 is 23.4 Å². The van der Waals surface area contributed by atoms with Gasteiger partial charge in [-0.1, -0.05) is 58.9 Å². The second-order valence-corrected chi connectivity index (χ2v) is 8.51. The van der Waals surface area contributed by atoms with Crippen LogP contribution in [0.25, 0.3) is 17.0 Å². The van der Waals surface area contributed by atoms with Gasteiger partial charge in [-0.3, -0.25) is 9.47 Å². The van der Waals surface area contributed by atoms with Crippen LogP contribution in [0.1, 0.15) is 24.5 Å². The molecule has 0 aliphatic heterocycles. The molecule has 4 rings (SSSR count). The Morgan fingerprint density at radius 3 is 2.50 bits per heavy atom. The van der Waals surface area contributed by atoms with E-state index in [9.17, 15) is 0 Å². The van der Waals surface area contributed by atoms with Crippen molar-refractivity contribution in [2.45, 2.75) is 23.9 Å². The van der Waals surface area contributed by atoms with Gasteiger partial charge in [0.2, 0.25) is 0 Å². The molecular formula is C22H22ClN5OS. The fourth-order valence-electron chi connectivity index (χ4n) is 2.97. The van der Waals surface area contributed by atoms with Gasteiger partial charge in [0.05, 0.1) is 11.7 Å². The summed E-state index contributed by atoms with van der Waals surface area (Å²) in [6.07, 6.45) is 0. The number of rotatable bonds is 7. The van der Waals surface area contributed by atoms with Crippen molar-refractivity contribution in [3.05, 3.63) is 77.2 Å². The van der Waals surface area contributed by atoms with E-state index in [1.165, 1.54) is 0 Å². The van der Waals surface area contributed by atoms with Crippen LogP contribution in [-0.2, 0) is 5.75 Å². The van der Waals surface area contributed by atoms with Crippen LogP contribution < -0.4 is 0 Å². The maximum atomic E-state index is 6.09. The molecule has 6 nitrogen and oxygen atoms in total. The first-order chi connectivity index (χ1) is 14.5. The highest BCUT2D eigenvalue weighted by atomic mass is 35.5. The zero-order chi connectivity index (χ0) is 21.1. The molecule has 0 fully saturated rings. The summed E-state index contributed by atoms with van der Waals surface area (Å²) < 4.78 is 7.59. The highest BCUT2D eigenvalue weighted by molar-refractivity contribution is 7.98. The zero-order valence-corrected chi connectivity index (χ0v) is 18.6. The maximum absolute atomic E-state index is 6.09. The molecule has 1 atom stereocenters. The van der Waals surface area contributed by atoms with Crippen molar-refractivity contribution in [3.8, 4) is 17.0 Å². The molecule has 2 aromatic heterocycles. The van der Waals surface area contributed by atoms with Gasteiger partial charge in [0.25, 0.3) is 0 Å². The summed E-state index contributed by atoms with van der Waals surface area (Å²) in [4.78, 5) is 2.11. The largest absolute Gasteiger partial charge is 0.356 e. The highest BCUT2D eigenvalue weighted by Crippen LogP contribution is 2.30. The minimum atomic E-state index is 0.0965. The van der Waals surface area contributed by atoms with E-state index in [1.807, 2.05) is 74.8 Å². The number of aromatic nitrogens is 4. The second kappa shape index (κ2) is 9.04. The Balaban J connectivity index is 1.60. The van der Waals surface area contributed by atoms with Crippen molar-refractivity contribution < 1.29 is 4.52 Å². The molecular weight excluding hydrogens is 418 g/mol. The van der Waals surface area contributed by atoms with Crippen molar-refractivity contribution in [3.63, 3.8) is 0 Å². The number of nitrogens with zero attached hydrogens (tertiary/aromatic N) is 5. The minimum absolute atomic E-state index is 0.0965. The number of hydrogen-bond acceptors (Lipinski definition) is 6. The Hall–Kier alpha value is -2.61. The maximum Gasteiger partial charge on any atom is 0.196 e. The lowest BCUT2D eigenvalue weighted by atomic mass is 10.2. The quantitative estimate of drug-likeness (QED) is 0.355. The van der Waals surface area contributed by atoms with Gasteiger partial charge in [0.15, 0.2) is 16.7 Å². The van der Waals surface area contributed by atoms with Crippen LogP contribution in [0.2, 0.25) is 5.02 Å². The van der Waals surface area contributed by atoms with E-state index in [1.54, 1.807) is 11.8 Å². The van der Waals surface area contributed by atoms with Crippen molar-refractivity contribution in [2.75, 3.05) is 14.1 Å². The molecule has 154 valence electrons. The van der Waals surface area contributed by atoms with Crippen molar-refractivity contribution in [1.82, 2.24) is 24.8 Å². The molecule has 8 heteroatoms. The van der Waals surface area contributed by atoms with Gasteiger partial charge < -0.3 is 4.52 Å². The molecule has 0 aliphatic rings. The van der Waals surface area contributed by atoms with Crippen LogP contribution in [0, 0.1) is 0 Å². The predicted molar refractivity (Wildman–Crippen MR) is 120 cm³/mol. The summed E-state index contributed by atoms with van der Waals surface area (Å²) >= 11 is 7.66. The predicted octanol–water partition coefficient (Wildman–Crippen LogP) is 5.49. The van der Waals surface area contributed by atoms with Gasteiger partial charge in [0.1, 0.15) is 0 Å². The molecule has 0 radical (unpaired) electrons. The molecule has 2 heterocycles. The van der Waals surface area contributed by atoms with Crippen LogP contribution in [0.15, 0.2) is 70.3 Å². The van der Waals surface area contributed by atoms with Crippen LogP contribution >= 0.6 is 23.4 Å². The fraction of sp³-hybridized carbons (Fsp3) is 0.227. The normalized spacial score (nSPS) is 12.4. The molecule has 0 bridgehead atoms. The summed E-state index contributed by atoms with van der Waals surface area (Å²) in [6, 6.07) is 19.7. The van der Waals surface area contributed by atoms with Crippen molar-refractivity contribution in [1.29, 1.82) is 0 Å². The molecule has 0 saturated heterocycles. The van der Waals surface area contributed by atoms with E-state index < -0.39 is 0 Å². The number of hydrogen-bond donors (Lipinski definition) is 0. The van der Waals surface area contributed by atoms with Crippen LogP contribution in [-0.4, -0.2) is 38.9 Å². The topological polar surface area (TPSA) is 60.0 Å². The van der Waals surface area contributed by atoms with E-state index in [0.29, 0.717) is 10.8 Å². The molecule has 0 N–H and O–H groups in total. The summed E-state index contributed by atoms with van der Waals surface area (Å²) in [5.74, 6) is 2.25. The zero-order valence-electron chi connectivity index (χ0n) is 17.0. The second-order valence-electron chi connectivity index (χ2n) is 7.13. The van der Waals surface area contributed by atoms with E-state index in [0.717, 1.165) is 33.7 Å². The minimum Gasteiger partial charge on any atom is -0.356 e. The van der Waals surface area contributed by atoms with Gasteiger partial charge in [0, 0.05) is 28.1 Å². The van der Waals surface area contributed by atoms with E-state index >= 15 is 0 Å². The first-order valence-electron chi connectivity index (χ1n) is 9.54. The van der Waals surface area contributed by atoms with Gasteiger partial charge in [-0.25, -0.2) is 0 Å². The third kappa shape index (κ3) is 4.43. The first-order valence-corrected chi connectivity index (χ1v) is 10.9. The molecule has 0 aliphatic carbocycles. The lowest BCUT2D eigenvalue weighted by Gasteiger charge is -2.20. The van der Waals surface area contributed by atoms with Gasteiger partial charge >= 0.3 is 0 Å². The van der Waals surface area contributed by atoms with Crippen molar-refractivity contribution in [2.24, 2.45) is 0 Å². The molecule has 0 amide bonds. The van der Waals surface area contributed by atoms with Crippen LogP contribution in [0.4, 0.5) is 0 Å². The first kappa shape index (κ1) is 20.7. The number of halogens is 1. The van der Waals surface area contributed by atoms with E-state index in [-0.39, 0.29) is 6.04 Å². The van der Waals surface area contributed by atoms with Gasteiger partial charge in [-0.15, -0.1) is 10.2 Å². The van der Waals surface area contributed by atoms with Gasteiger partial charge in [-0.05, 0) is 45.3 Å². The summed E-state index contributed by atoms with van der Waals surface area (Å²) in [5.41, 5.74) is 2.83. The molecule has 0 unspecified atom stereocenters. The summed E-state index contributed by atoms with van der Waals surface area (Å²) in [6.45, 7) is 2.11. The molecule has 0 saturated carbocycles. The summed E-state index contributed by atoms with van der Waals surface area (Å²) in [7, 11) is 4.05. The molecule has 4 aromatic rings. The Bertz CT molecular complexity index is 1110. The Kier molecular flexibility index (Phi) is 6.22. The van der Waals surface area contributed by atoms with Crippen LogP contribution in [0.5, 0.6) is 0 Å². The average molecular weight is 440 g/mol. The molecule has 30 heavy (non-hydrogen) atoms. The average Bonchev–Trinajstić information content (AvgIpc) is 3.40. The smallest absolute Gasteiger partial charge is 0.196 e. The SMILES string of the molecule is C[C@H](c1nnc(SCc2cc(-c3ccccc3)on2)n1-c1ccc(Cl)cc1)N(C)C. The van der Waals surface area contributed by atoms with Crippen LogP contribution in [0.3, 0.4) is 0 Å². The summed E-state index contributed by atoms with van der Waals surface area (Å²) in [5, 5.41) is 14.6. The Morgan fingerprint density at radius 1 is 1.07 bits per heavy atom. The van der Waals surface area contributed by atoms with E-state index in [2.05, 4.69) is 31.7 Å². The van der Waals surface area contributed by atoms with Gasteiger partial charge in [-0.2, -0.15) is 0 Å². The number of thioether (sulfide) groups is 1. The third-order valence-corrected chi connectivity index (χ3v) is 6.07.